The van der Waals surface area contributed by atoms with Crippen LogP contribution in [0.5, 0.6) is 5.75 Å². The molecular formula is C26H34F3N3O2. The largest absolute Gasteiger partial charge is 0.495 e. The van der Waals surface area contributed by atoms with Crippen LogP contribution < -0.4 is 15.4 Å². The number of carbonyl (C=O) groups is 1. The number of urea groups is 1. The Bertz CT molecular complexity index is 994. The highest BCUT2D eigenvalue weighted by Gasteiger charge is 2.29. The number of benzene rings is 2. The second kappa shape index (κ2) is 11.0. The van der Waals surface area contributed by atoms with Crippen molar-refractivity contribution >= 4 is 11.7 Å². The summed E-state index contributed by atoms with van der Waals surface area (Å²) in [6.07, 6.45) is -3.88. The normalized spacial score (nSPS) is 14.7. The van der Waals surface area contributed by atoms with Gasteiger partial charge in [-0.15, -0.1) is 0 Å². The topological polar surface area (TPSA) is 53.6 Å². The minimum absolute atomic E-state index is 0.123. The van der Waals surface area contributed by atoms with E-state index in [9.17, 15) is 18.0 Å². The number of nitrogens with zero attached hydrogens (tertiary/aromatic N) is 1. The standard InChI is InChI=1S/C26H34F3N3O2/c1-5-22(10-12-26(27,28)29)31-25(33)32(6-2)17(3)18-8-7-9-19(14-18)21-15-20-11-13-30-24(20)23(16-21)34-4/h7-9,14-17,22,30H,5-6,10-13H2,1-4H3,(H,31,33). The molecule has 1 heterocycles. The Balaban J connectivity index is 1.78. The number of halogens is 3. The molecule has 2 aromatic rings. The summed E-state index contributed by atoms with van der Waals surface area (Å²) in [7, 11) is 1.66. The summed E-state index contributed by atoms with van der Waals surface area (Å²) < 4.78 is 43.5. The first kappa shape index (κ1) is 25.7. The van der Waals surface area contributed by atoms with Gasteiger partial charge in [-0.3, -0.25) is 0 Å². The Hall–Kier alpha value is -2.90. The molecule has 3 rings (SSSR count). The Kier molecular flexibility index (Phi) is 8.33. The van der Waals surface area contributed by atoms with Crippen molar-refractivity contribution in [1.82, 2.24) is 10.2 Å². The van der Waals surface area contributed by atoms with E-state index >= 15 is 0 Å². The van der Waals surface area contributed by atoms with Gasteiger partial charge in [0.1, 0.15) is 5.75 Å². The van der Waals surface area contributed by atoms with E-state index in [1.807, 2.05) is 38.1 Å². The van der Waals surface area contributed by atoms with Crippen LogP contribution in [-0.4, -0.2) is 43.3 Å². The van der Waals surface area contributed by atoms with Gasteiger partial charge >= 0.3 is 12.2 Å². The van der Waals surface area contributed by atoms with Crippen LogP contribution in [-0.2, 0) is 6.42 Å². The first-order valence-corrected chi connectivity index (χ1v) is 11.9. The van der Waals surface area contributed by atoms with E-state index < -0.39 is 18.6 Å². The first-order valence-electron chi connectivity index (χ1n) is 11.9. The van der Waals surface area contributed by atoms with Crippen LogP contribution >= 0.6 is 0 Å². The molecule has 0 saturated carbocycles. The molecule has 8 heteroatoms. The lowest BCUT2D eigenvalue weighted by Gasteiger charge is -2.31. The van der Waals surface area contributed by atoms with E-state index in [0.29, 0.717) is 13.0 Å². The average molecular weight is 478 g/mol. The van der Waals surface area contributed by atoms with Crippen LogP contribution in [0.25, 0.3) is 11.1 Å². The van der Waals surface area contributed by atoms with E-state index in [2.05, 4.69) is 22.8 Å². The van der Waals surface area contributed by atoms with Gasteiger partial charge in [-0.05, 0) is 73.6 Å². The minimum Gasteiger partial charge on any atom is -0.495 e. The summed E-state index contributed by atoms with van der Waals surface area (Å²) in [5, 5.41) is 6.16. The molecule has 0 aromatic heterocycles. The molecule has 2 N–H and O–H groups in total. The lowest BCUT2D eigenvalue weighted by Crippen LogP contribution is -2.45. The molecule has 2 amide bonds. The summed E-state index contributed by atoms with van der Waals surface area (Å²) >= 11 is 0. The van der Waals surface area contributed by atoms with Crippen LogP contribution in [0.1, 0.15) is 57.2 Å². The highest BCUT2D eigenvalue weighted by Crippen LogP contribution is 2.38. The average Bonchev–Trinajstić information content (AvgIpc) is 3.29. The minimum atomic E-state index is -4.23. The van der Waals surface area contributed by atoms with Crippen LogP contribution in [0.4, 0.5) is 23.7 Å². The maximum atomic E-state index is 13.0. The lowest BCUT2D eigenvalue weighted by atomic mass is 9.97. The number of fused-ring (bicyclic) bond motifs is 1. The summed E-state index contributed by atoms with van der Waals surface area (Å²) in [6, 6.07) is 11.1. The summed E-state index contributed by atoms with van der Waals surface area (Å²) in [6.45, 7) is 6.91. The molecular weight excluding hydrogens is 443 g/mol. The van der Waals surface area contributed by atoms with Crippen molar-refractivity contribution in [3.05, 3.63) is 47.5 Å². The molecule has 0 spiro atoms. The zero-order chi connectivity index (χ0) is 24.9. The van der Waals surface area contributed by atoms with Gasteiger partial charge < -0.3 is 20.3 Å². The molecule has 34 heavy (non-hydrogen) atoms. The highest BCUT2D eigenvalue weighted by atomic mass is 19.4. The van der Waals surface area contributed by atoms with Crippen LogP contribution in [0.2, 0.25) is 0 Å². The van der Waals surface area contributed by atoms with Crippen molar-refractivity contribution in [2.24, 2.45) is 0 Å². The van der Waals surface area contributed by atoms with Crippen LogP contribution in [0, 0.1) is 0 Å². The van der Waals surface area contributed by atoms with E-state index in [0.717, 1.165) is 41.1 Å². The predicted molar refractivity (Wildman–Crippen MR) is 129 cm³/mol. The number of ether oxygens (including phenoxy) is 1. The molecule has 0 fully saturated rings. The van der Waals surface area contributed by atoms with Crippen molar-refractivity contribution in [3.8, 4) is 16.9 Å². The fraction of sp³-hybridized carbons (Fsp3) is 0.500. The van der Waals surface area contributed by atoms with Crippen LogP contribution in [0.3, 0.4) is 0 Å². The number of hydrogen-bond acceptors (Lipinski definition) is 3. The molecule has 2 unspecified atom stereocenters. The number of rotatable bonds is 9. The predicted octanol–water partition coefficient (Wildman–Crippen LogP) is 6.54. The maximum absolute atomic E-state index is 13.0. The summed E-state index contributed by atoms with van der Waals surface area (Å²) in [5.41, 5.74) is 5.27. The van der Waals surface area contributed by atoms with E-state index in [1.165, 1.54) is 5.56 Å². The maximum Gasteiger partial charge on any atom is 0.389 e. The Morgan fingerprint density at radius 3 is 2.62 bits per heavy atom. The van der Waals surface area contributed by atoms with Crippen LogP contribution in [0.15, 0.2) is 36.4 Å². The monoisotopic (exact) mass is 477 g/mol. The Morgan fingerprint density at radius 2 is 1.97 bits per heavy atom. The molecule has 0 aliphatic carbocycles. The van der Waals surface area contributed by atoms with Crippen molar-refractivity contribution in [2.75, 3.05) is 25.5 Å². The van der Waals surface area contributed by atoms with Gasteiger partial charge in [0.15, 0.2) is 0 Å². The van der Waals surface area contributed by atoms with E-state index in [4.69, 9.17) is 4.74 Å². The third kappa shape index (κ3) is 6.15. The van der Waals surface area contributed by atoms with Gasteiger partial charge in [0.25, 0.3) is 0 Å². The van der Waals surface area contributed by atoms with Crippen molar-refractivity contribution in [3.63, 3.8) is 0 Å². The number of nitrogens with one attached hydrogen (secondary N) is 2. The molecule has 0 saturated heterocycles. The van der Waals surface area contributed by atoms with Gasteiger partial charge in [0.2, 0.25) is 0 Å². The van der Waals surface area contributed by atoms with Crippen molar-refractivity contribution in [2.45, 2.75) is 64.7 Å². The molecule has 1 aliphatic rings. The molecule has 0 bridgehead atoms. The molecule has 1 aliphatic heterocycles. The summed E-state index contributed by atoms with van der Waals surface area (Å²) in [5.74, 6) is 0.808. The fourth-order valence-electron chi connectivity index (χ4n) is 4.45. The molecule has 0 radical (unpaired) electrons. The molecule has 2 aromatic carbocycles. The second-order valence-electron chi connectivity index (χ2n) is 8.69. The zero-order valence-electron chi connectivity index (χ0n) is 20.3. The van der Waals surface area contributed by atoms with Gasteiger partial charge in [-0.25, -0.2) is 4.79 Å². The van der Waals surface area contributed by atoms with Crippen molar-refractivity contribution in [1.29, 1.82) is 0 Å². The third-order valence-corrected chi connectivity index (χ3v) is 6.47. The number of methoxy groups -OCH3 is 1. The van der Waals surface area contributed by atoms with Crippen molar-refractivity contribution < 1.29 is 22.7 Å². The quantitative estimate of drug-likeness (QED) is 0.431. The van der Waals surface area contributed by atoms with Gasteiger partial charge in [0, 0.05) is 25.6 Å². The lowest BCUT2D eigenvalue weighted by molar-refractivity contribution is -0.136. The van der Waals surface area contributed by atoms with E-state index in [1.54, 1.807) is 18.9 Å². The fourth-order valence-corrected chi connectivity index (χ4v) is 4.45. The first-order chi connectivity index (χ1) is 16.2. The molecule has 2 atom stereocenters. The number of anilines is 1. The molecule has 5 nitrogen and oxygen atoms in total. The Morgan fingerprint density at radius 1 is 1.21 bits per heavy atom. The number of amides is 2. The number of carbonyl (C=O) groups excluding carboxylic acids is 1. The zero-order valence-corrected chi connectivity index (χ0v) is 20.3. The van der Waals surface area contributed by atoms with Gasteiger partial charge in [-0.2, -0.15) is 13.2 Å². The summed E-state index contributed by atoms with van der Waals surface area (Å²) in [4.78, 5) is 14.6. The van der Waals surface area contributed by atoms with E-state index in [-0.39, 0.29) is 18.5 Å². The second-order valence-corrected chi connectivity index (χ2v) is 8.69. The number of alkyl halides is 3. The Labute approximate surface area is 199 Å². The highest BCUT2D eigenvalue weighted by molar-refractivity contribution is 5.77. The SMILES string of the molecule is CCC(CCC(F)(F)F)NC(=O)N(CC)C(C)c1cccc(-c2cc3c(c(OC)c2)NCC3)c1. The smallest absolute Gasteiger partial charge is 0.389 e. The van der Waals surface area contributed by atoms with Gasteiger partial charge in [-0.1, -0.05) is 25.1 Å². The van der Waals surface area contributed by atoms with Gasteiger partial charge in [0.05, 0.1) is 18.8 Å². The third-order valence-electron chi connectivity index (χ3n) is 6.47. The number of hydrogen-bond donors (Lipinski definition) is 2. The molecule has 186 valence electrons.